The first-order chi connectivity index (χ1) is 8.42. The second-order valence-corrected chi connectivity index (χ2v) is 4.19. The third-order valence-electron chi connectivity index (χ3n) is 2.71. The Morgan fingerprint density at radius 2 is 1.89 bits per heavy atom. The molecule has 4 nitrogen and oxygen atoms in total. The SMILES string of the molecule is C=CCN1CCN(C(=O)CNCC(F)(F)F)CC1. The lowest BCUT2D eigenvalue weighted by molar-refractivity contribution is -0.135. The molecule has 0 bridgehead atoms. The number of carbonyl (C=O) groups excluding carboxylic acids is 1. The number of carbonyl (C=O) groups is 1. The Morgan fingerprint density at radius 1 is 1.28 bits per heavy atom. The molecule has 0 unspecified atom stereocenters. The van der Waals surface area contributed by atoms with Crippen LogP contribution in [0.4, 0.5) is 13.2 Å². The monoisotopic (exact) mass is 265 g/mol. The molecule has 0 aromatic carbocycles. The average Bonchev–Trinajstić information content (AvgIpc) is 2.28. The summed E-state index contributed by atoms with van der Waals surface area (Å²) in [7, 11) is 0. The molecule has 7 heteroatoms. The maximum absolute atomic E-state index is 11.9. The number of rotatable bonds is 5. The van der Waals surface area contributed by atoms with Gasteiger partial charge in [-0.15, -0.1) is 6.58 Å². The van der Waals surface area contributed by atoms with E-state index in [4.69, 9.17) is 0 Å². The highest BCUT2D eigenvalue weighted by Gasteiger charge is 2.27. The summed E-state index contributed by atoms with van der Waals surface area (Å²) in [5.74, 6) is -0.280. The zero-order valence-corrected chi connectivity index (χ0v) is 10.2. The topological polar surface area (TPSA) is 35.6 Å². The lowest BCUT2D eigenvalue weighted by Crippen LogP contribution is -2.51. The molecule has 1 saturated heterocycles. The van der Waals surface area contributed by atoms with Crippen LogP contribution in [0, 0.1) is 0 Å². The van der Waals surface area contributed by atoms with Crippen LogP contribution >= 0.6 is 0 Å². The number of halogens is 3. The maximum Gasteiger partial charge on any atom is 0.401 e. The molecule has 0 spiro atoms. The van der Waals surface area contributed by atoms with Gasteiger partial charge in [-0.25, -0.2) is 0 Å². The summed E-state index contributed by atoms with van der Waals surface area (Å²) >= 11 is 0. The van der Waals surface area contributed by atoms with E-state index in [0.29, 0.717) is 13.1 Å². The van der Waals surface area contributed by atoms with Gasteiger partial charge in [-0.3, -0.25) is 9.69 Å². The minimum atomic E-state index is -4.27. The van der Waals surface area contributed by atoms with Crippen LogP contribution in [-0.2, 0) is 4.79 Å². The van der Waals surface area contributed by atoms with E-state index in [1.54, 1.807) is 11.0 Å². The molecule has 18 heavy (non-hydrogen) atoms. The summed E-state index contributed by atoms with van der Waals surface area (Å²) in [6.45, 7) is 5.59. The van der Waals surface area contributed by atoms with E-state index in [1.165, 1.54) is 0 Å². The van der Waals surface area contributed by atoms with Crippen molar-refractivity contribution in [2.75, 3.05) is 45.8 Å². The van der Waals surface area contributed by atoms with E-state index in [1.807, 2.05) is 0 Å². The van der Waals surface area contributed by atoms with Crippen LogP contribution in [0.25, 0.3) is 0 Å². The van der Waals surface area contributed by atoms with E-state index >= 15 is 0 Å². The van der Waals surface area contributed by atoms with Crippen molar-refractivity contribution in [1.29, 1.82) is 0 Å². The molecule has 0 aliphatic carbocycles. The van der Waals surface area contributed by atoms with E-state index in [-0.39, 0.29) is 12.5 Å². The molecule has 1 rings (SSSR count). The summed E-state index contributed by atoms with van der Waals surface area (Å²) in [6, 6.07) is 0. The fourth-order valence-corrected chi connectivity index (χ4v) is 1.79. The van der Waals surface area contributed by atoms with Crippen LogP contribution in [0.5, 0.6) is 0 Å². The Kier molecular flexibility index (Phi) is 5.61. The predicted octanol–water partition coefficient (Wildman–Crippen LogP) is 0.468. The van der Waals surface area contributed by atoms with Gasteiger partial charge in [0.1, 0.15) is 0 Å². The second-order valence-electron chi connectivity index (χ2n) is 4.19. The van der Waals surface area contributed by atoms with Gasteiger partial charge < -0.3 is 10.2 Å². The van der Waals surface area contributed by atoms with Crippen LogP contribution in [0.3, 0.4) is 0 Å². The number of nitrogens with one attached hydrogen (secondary N) is 1. The van der Waals surface area contributed by atoms with Gasteiger partial charge in [-0.2, -0.15) is 13.2 Å². The zero-order valence-electron chi connectivity index (χ0n) is 10.2. The van der Waals surface area contributed by atoms with E-state index in [0.717, 1.165) is 19.6 Å². The van der Waals surface area contributed by atoms with Crippen molar-refractivity contribution >= 4 is 5.91 Å². The van der Waals surface area contributed by atoms with Crippen molar-refractivity contribution in [3.05, 3.63) is 12.7 Å². The Bertz CT molecular complexity index is 286. The van der Waals surface area contributed by atoms with Crippen molar-refractivity contribution in [2.24, 2.45) is 0 Å². The minimum absolute atomic E-state index is 0.263. The van der Waals surface area contributed by atoms with Crippen LogP contribution < -0.4 is 5.32 Å². The maximum atomic E-state index is 11.9. The molecule has 1 heterocycles. The Hall–Kier alpha value is -1.08. The molecule has 1 aliphatic heterocycles. The third kappa shape index (κ3) is 5.50. The smallest absolute Gasteiger partial charge is 0.339 e. The normalized spacial score (nSPS) is 17.8. The van der Waals surface area contributed by atoms with Crippen LogP contribution in [-0.4, -0.2) is 67.7 Å². The van der Waals surface area contributed by atoms with Gasteiger partial charge in [-0.05, 0) is 0 Å². The number of hydrogen-bond donors (Lipinski definition) is 1. The second kappa shape index (κ2) is 6.75. The van der Waals surface area contributed by atoms with Crippen LogP contribution in [0.2, 0.25) is 0 Å². The molecule has 1 aliphatic rings. The summed E-state index contributed by atoms with van der Waals surface area (Å²) < 4.78 is 35.6. The number of piperazine rings is 1. The Labute approximate surface area is 104 Å². The fraction of sp³-hybridized carbons (Fsp3) is 0.727. The molecular formula is C11H18F3N3O. The van der Waals surface area contributed by atoms with Crippen molar-refractivity contribution in [3.63, 3.8) is 0 Å². The number of nitrogens with zero attached hydrogens (tertiary/aromatic N) is 2. The largest absolute Gasteiger partial charge is 0.401 e. The average molecular weight is 265 g/mol. The molecule has 0 radical (unpaired) electrons. The number of hydrogen-bond acceptors (Lipinski definition) is 3. The summed E-state index contributed by atoms with van der Waals surface area (Å²) in [4.78, 5) is 15.3. The summed E-state index contributed by atoms with van der Waals surface area (Å²) in [6.07, 6.45) is -2.48. The van der Waals surface area contributed by atoms with E-state index in [9.17, 15) is 18.0 Å². The first-order valence-electron chi connectivity index (χ1n) is 5.81. The molecule has 1 N–H and O–H groups in total. The van der Waals surface area contributed by atoms with Gasteiger partial charge in [0.25, 0.3) is 0 Å². The van der Waals surface area contributed by atoms with Crippen LogP contribution in [0.1, 0.15) is 0 Å². The van der Waals surface area contributed by atoms with Gasteiger partial charge in [0.2, 0.25) is 5.91 Å². The molecule has 1 fully saturated rings. The van der Waals surface area contributed by atoms with Gasteiger partial charge in [0.05, 0.1) is 13.1 Å². The molecule has 0 aromatic rings. The zero-order chi connectivity index (χ0) is 13.6. The van der Waals surface area contributed by atoms with Gasteiger partial charge >= 0.3 is 6.18 Å². The molecule has 104 valence electrons. The quantitative estimate of drug-likeness (QED) is 0.734. The molecular weight excluding hydrogens is 247 g/mol. The van der Waals surface area contributed by atoms with Crippen molar-refractivity contribution < 1.29 is 18.0 Å². The summed E-state index contributed by atoms with van der Waals surface area (Å²) in [5, 5.41) is 2.11. The standard InChI is InChI=1S/C11H18F3N3O/c1-2-3-16-4-6-17(7-5-16)10(18)8-15-9-11(12,13)14/h2,15H,1,3-9H2. The Morgan fingerprint density at radius 3 is 2.39 bits per heavy atom. The minimum Gasteiger partial charge on any atom is -0.339 e. The lowest BCUT2D eigenvalue weighted by atomic mass is 10.3. The van der Waals surface area contributed by atoms with Crippen LogP contribution in [0.15, 0.2) is 12.7 Å². The number of amides is 1. The molecule has 0 atom stereocenters. The number of alkyl halides is 3. The lowest BCUT2D eigenvalue weighted by Gasteiger charge is -2.34. The highest BCUT2D eigenvalue weighted by molar-refractivity contribution is 5.78. The first kappa shape index (κ1) is 15.0. The van der Waals surface area contributed by atoms with Gasteiger partial charge in [-0.1, -0.05) is 6.08 Å². The van der Waals surface area contributed by atoms with Crippen molar-refractivity contribution in [1.82, 2.24) is 15.1 Å². The molecule has 0 aromatic heterocycles. The first-order valence-corrected chi connectivity index (χ1v) is 5.81. The third-order valence-corrected chi connectivity index (χ3v) is 2.71. The fourth-order valence-electron chi connectivity index (χ4n) is 1.79. The predicted molar refractivity (Wildman–Crippen MR) is 62.1 cm³/mol. The van der Waals surface area contributed by atoms with Crippen molar-refractivity contribution in [3.8, 4) is 0 Å². The van der Waals surface area contributed by atoms with Crippen molar-refractivity contribution in [2.45, 2.75) is 6.18 Å². The molecule has 0 saturated carbocycles. The highest BCUT2D eigenvalue weighted by Crippen LogP contribution is 2.12. The summed E-state index contributed by atoms with van der Waals surface area (Å²) in [5.41, 5.74) is 0. The van der Waals surface area contributed by atoms with Gasteiger partial charge in [0.15, 0.2) is 0 Å². The molecule has 1 amide bonds. The highest BCUT2D eigenvalue weighted by atomic mass is 19.4. The Balaban J connectivity index is 2.22. The van der Waals surface area contributed by atoms with E-state index < -0.39 is 12.7 Å². The van der Waals surface area contributed by atoms with Gasteiger partial charge in [0, 0.05) is 32.7 Å². The van der Waals surface area contributed by atoms with E-state index in [2.05, 4.69) is 16.8 Å².